The van der Waals surface area contributed by atoms with Crippen molar-refractivity contribution in [2.24, 2.45) is 0 Å². The van der Waals surface area contributed by atoms with Gasteiger partial charge in [0.05, 0.1) is 0 Å². The molecule has 1 radical (unpaired) electrons. The summed E-state index contributed by atoms with van der Waals surface area (Å²) >= 11 is 0. The maximum atomic E-state index is 5.73. The molecule has 0 saturated carbocycles. The molecule has 1 aromatic carbocycles. The number of allylic oxidation sites excluding steroid dienone is 1. The van der Waals surface area contributed by atoms with Crippen LogP contribution in [0.3, 0.4) is 0 Å². The number of aromatic nitrogens is 1. The number of benzene rings is 1. The van der Waals surface area contributed by atoms with Crippen molar-refractivity contribution in [2.45, 2.75) is 13.8 Å². The molecule has 0 atom stereocenters. The fourth-order valence-electron chi connectivity index (χ4n) is 1.80. The Bertz CT molecular complexity index is 543. The van der Waals surface area contributed by atoms with E-state index in [0.717, 1.165) is 16.8 Å². The van der Waals surface area contributed by atoms with Gasteiger partial charge in [0.1, 0.15) is 5.82 Å². The van der Waals surface area contributed by atoms with Crippen molar-refractivity contribution in [3.63, 3.8) is 0 Å². The summed E-state index contributed by atoms with van der Waals surface area (Å²) in [5, 5.41) is 0. The van der Waals surface area contributed by atoms with E-state index in [2.05, 4.69) is 24.9 Å². The first-order valence-corrected chi connectivity index (χ1v) is 5.56. The molecule has 1 aromatic heterocycles. The van der Waals surface area contributed by atoms with Crippen molar-refractivity contribution in [1.29, 1.82) is 0 Å². The number of nitrogen functional groups attached to an aromatic ring is 1. The first-order valence-electron chi connectivity index (χ1n) is 5.56. The van der Waals surface area contributed by atoms with Gasteiger partial charge in [-0.25, -0.2) is 4.98 Å². The van der Waals surface area contributed by atoms with E-state index in [4.69, 9.17) is 5.73 Å². The summed E-state index contributed by atoms with van der Waals surface area (Å²) in [6, 6.07) is 16.8. The molecule has 95 valence electrons. The molecule has 18 heavy (non-hydrogen) atoms. The van der Waals surface area contributed by atoms with Crippen molar-refractivity contribution in [2.75, 3.05) is 5.73 Å². The zero-order chi connectivity index (χ0) is 12.3. The molecule has 0 saturated heterocycles. The zero-order valence-electron chi connectivity index (χ0n) is 10.4. The van der Waals surface area contributed by atoms with Gasteiger partial charge in [0, 0.05) is 25.8 Å². The fourth-order valence-corrected chi connectivity index (χ4v) is 1.80. The molecule has 2 nitrogen and oxygen atoms in total. The van der Waals surface area contributed by atoms with Gasteiger partial charge in [0.25, 0.3) is 0 Å². The van der Waals surface area contributed by atoms with Crippen molar-refractivity contribution in [3.05, 3.63) is 65.4 Å². The van der Waals surface area contributed by atoms with Gasteiger partial charge in [-0.05, 0) is 12.1 Å². The molecule has 2 aromatic rings. The van der Waals surface area contributed by atoms with Crippen LogP contribution in [0.4, 0.5) is 5.82 Å². The average molecular weight is 416 g/mol. The largest absolute Gasteiger partial charge is 0.384 e. The van der Waals surface area contributed by atoms with Crippen molar-refractivity contribution < 1.29 is 20.1 Å². The Balaban J connectivity index is 0.00000162. The molecule has 1 heterocycles. The molecule has 3 heteroatoms. The smallest absolute Gasteiger partial charge is 0.123 e. The van der Waals surface area contributed by atoms with Crippen LogP contribution in [-0.2, 0) is 20.1 Å². The zero-order valence-corrected chi connectivity index (χ0v) is 12.8. The monoisotopic (exact) mass is 416 g/mol. The molecule has 2 rings (SSSR count). The molecule has 0 aliphatic rings. The van der Waals surface area contributed by atoms with Gasteiger partial charge in [-0.1, -0.05) is 25.5 Å². The minimum absolute atomic E-state index is 0. The predicted octanol–water partition coefficient (Wildman–Crippen LogP) is 3.30. The van der Waals surface area contributed by atoms with Crippen LogP contribution in [0.1, 0.15) is 25.1 Å². The third kappa shape index (κ3) is 3.28. The van der Waals surface area contributed by atoms with Gasteiger partial charge in [0.2, 0.25) is 0 Å². The second-order valence-electron chi connectivity index (χ2n) is 4.10. The van der Waals surface area contributed by atoms with Crippen LogP contribution >= 0.6 is 0 Å². The molecule has 0 spiro atoms. The first-order chi connectivity index (χ1) is 8.18. The Morgan fingerprint density at radius 2 is 1.89 bits per heavy atom. The van der Waals surface area contributed by atoms with E-state index in [1.807, 2.05) is 36.4 Å². The minimum Gasteiger partial charge on any atom is -0.384 e. The van der Waals surface area contributed by atoms with Crippen LogP contribution in [-0.4, -0.2) is 4.98 Å². The Morgan fingerprint density at radius 3 is 2.44 bits per heavy atom. The number of anilines is 1. The number of rotatable bonds is 2. The van der Waals surface area contributed by atoms with E-state index in [9.17, 15) is 0 Å². The van der Waals surface area contributed by atoms with Crippen LogP contribution < -0.4 is 5.73 Å². The van der Waals surface area contributed by atoms with Crippen LogP contribution in [0.5, 0.6) is 0 Å². The van der Waals surface area contributed by atoms with Gasteiger partial charge < -0.3 is 5.73 Å². The number of hydrogen-bond acceptors (Lipinski definition) is 2. The third-order valence-electron chi connectivity index (χ3n) is 2.51. The number of hydrogen-bond donors (Lipinski definition) is 1. The minimum atomic E-state index is 0. The number of nitrogens with two attached hydrogens (primary N) is 1. The molecule has 0 bridgehead atoms. The van der Waals surface area contributed by atoms with Crippen molar-refractivity contribution in [3.8, 4) is 0 Å². The van der Waals surface area contributed by atoms with Crippen LogP contribution in [0.15, 0.2) is 48.0 Å². The van der Waals surface area contributed by atoms with Gasteiger partial charge >= 0.3 is 0 Å². The summed E-state index contributed by atoms with van der Waals surface area (Å²) in [5.41, 5.74) is 9.97. The summed E-state index contributed by atoms with van der Waals surface area (Å²) in [5.74, 6) is 0.539. The predicted molar refractivity (Wildman–Crippen MR) is 71.3 cm³/mol. The van der Waals surface area contributed by atoms with Crippen molar-refractivity contribution >= 4 is 11.4 Å². The standard InChI is InChI=1S/C15H15N2.Ir/c1-11(2)15(12-7-4-3-5-8-12)13-9-6-10-14(16)17-13;/h3-7,9-10H,1-2H3,(H2,16,17);/q-1;. The number of nitrogens with zero attached hydrogens (tertiary/aromatic N) is 1. The molecule has 0 unspecified atom stereocenters. The van der Waals surface area contributed by atoms with E-state index < -0.39 is 0 Å². The van der Waals surface area contributed by atoms with Crippen LogP contribution in [0, 0.1) is 6.07 Å². The SMILES string of the molecule is CC(C)=C(c1[c-]cccc1)c1cccc(N)n1.[Ir]. The summed E-state index contributed by atoms with van der Waals surface area (Å²) in [6.45, 7) is 4.14. The van der Waals surface area contributed by atoms with E-state index in [1.165, 1.54) is 5.57 Å². The Morgan fingerprint density at radius 1 is 1.11 bits per heavy atom. The normalized spacial score (nSPS) is 9.44. The Labute approximate surface area is 121 Å². The van der Waals surface area contributed by atoms with E-state index >= 15 is 0 Å². The topological polar surface area (TPSA) is 38.9 Å². The van der Waals surface area contributed by atoms with Gasteiger partial charge in [-0.3, -0.25) is 0 Å². The maximum absolute atomic E-state index is 5.73. The summed E-state index contributed by atoms with van der Waals surface area (Å²) in [7, 11) is 0. The Kier molecular flexibility index (Phi) is 5.26. The van der Waals surface area contributed by atoms with Crippen LogP contribution in [0.25, 0.3) is 5.57 Å². The molecule has 0 aliphatic heterocycles. The summed E-state index contributed by atoms with van der Waals surface area (Å²) in [4.78, 5) is 4.37. The fraction of sp³-hybridized carbons (Fsp3) is 0.133. The third-order valence-corrected chi connectivity index (χ3v) is 2.51. The molecule has 0 fully saturated rings. The second kappa shape index (κ2) is 6.48. The van der Waals surface area contributed by atoms with E-state index in [-0.39, 0.29) is 20.1 Å². The molecule has 2 N–H and O–H groups in total. The Hall–Kier alpha value is -1.44. The summed E-state index contributed by atoms with van der Waals surface area (Å²) < 4.78 is 0. The molecular formula is C15H15IrN2-. The molecular weight excluding hydrogens is 400 g/mol. The van der Waals surface area contributed by atoms with E-state index in [0.29, 0.717) is 5.82 Å². The van der Waals surface area contributed by atoms with Gasteiger partial charge in [-0.15, -0.1) is 41.5 Å². The molecule has 0 amide bonds. The summed E-state index contributed by atoms with van der Waals surface area (Å²) in [6.07, 6.45) is 0. The molecule has 0 aliphatic carbocycles. The van der Waals surface area contributed by atoms with Crippen LogP contribution in [0.2, 0.25) is 0 Å². The number of pyridine rings is 1. The second-order valence-corrected chi connectivity index (χ2v) is 4.10. The van der Waals surface area contributed by atoms with E-state index in [1.54, 1.807) is 6.07 Å². The van der Waals surface area contributed by atoms with Gasteiger partial charge in [-0.2, -0.15) is 0 Å². The van der Waals surface area contributed by atoms with Gasteiger partial charge in [0.15, 0.2) is 0 Å². The quantitative estimate of drug-likeness (QED) is 0.765. The average Bonchev–Trinajstić information content (AvgIpc) is 2.30. The first kappa shape index (κ1) is 14.6. The van der Waals surface area contributed by atoms with Crippen molar-refractivity contribution in [1.82, 2.24) is 4.98 Å². The maximum Gasteiger partial charge on any atom is 0.123 e.